The Morgan fingerprint density at radius 3 is 2.52 bits per heavy atom. The normalized spacial score (nSPS) is 11.6. The number of nitrogens with two attached hydrogens (primary N) is 1. The van der Waals surface area contributed by atoms with E-state index in [1.165, 1.54) is 10.7 Å². The zero-order valence-electron chi connectivity index (χ0n) is 13.1. The van der Waals surface area contributed by atoms with Gasteiger partial charge >= 0.3 is 0 Å². The molecule has 0 amide bonds. The predicted molar refractivity (Wildman–Crippen MR) is 87.2 cm³/mol. The van der Waals surface area contributed by atoms with E-state index >= 15 is 0 Å². The molecule has 23 heavy (non-hydrogen) atoms. The van der Waals surface area contributed by atoms with Crippen LogP contribution in [0.3, 0.4) is 0 Å². The quantitative estimate of drug-likeness (QED) is 0.702. The Labute approximate surface area is 133 Å². The minimum atomic E-state index is -0.552. The fourth-order valence-corrected chi connectivity index (χ4v) is 2.37. The maximum absolute atomic E-state index is 14.5. The molecule has 3 heterocycles. The van der Waals surface area contributed by atoms with Gasteiger partial charge in [-0.05, 0) is 17.0 Å². The van der Waals surface area contributed by atoms with Gasteiger partial charge in [-0.1, -0.05) is 32.8 Å². The molecule has 0 spiro atoms. The summed E-state index contributed by atoms with van der Waals surface area (Å²) in [6.07, 6.45) is 8.55. The molecule has 0 aliphatic carbocycles. The second-order valence-electron chi connectivity index (χ2n) is 6.28. The number of fused-ring (bicyclic) bond motifs is 1. The van der Waals surface area contributed by atoms with E-state index in [2.05, 4.69) is 41.8 Å². The third-order valence-electron chi connectivity index (χ3n) is 3.66. The maximum atomic E-state index is 14.5. The highest BCUT2D eigenvalue weighted by Crippen LogP contribution is 2.30. The van der Waals surface area contributed by atoms with Crippen molar-refractivity contribution in [1.82, 2.24) is 19.6 Å². The highest BCUT2D eigenvalue weighted by Gasteiger charge is 2.22. The van der Waals surface area contributed by atoms with Crippen LogP contribution in [0.1, 0.15) is 31.9 Å². The lowest BCUT2D eigenvalue weighted by Gasteiger charge is -2.18. The fraction of sp³-hybridized carbons (Fsp3) is 0.235. The van der Waals surface area contributed by atoms with Crippen LogP contribution in [0.4, 0.5) is 10.3 Å². The summed E-state index contributed by atoms with van der Waals surface area (Å²) in [5, 5.41) is 4.06. The van der Waals surface area contributed by atoms with Crippen LogP contribution in [0.2, 0.25) is 0 Å². The molecule has 2 N–H and O–H groups in total. The van der Waals surface area contributed by atoms with Gasteiger partial charge in [0.05, 0.1) is 17.5 Å². The van der Waals surface area contributed by atoms with Crippen LogP contribution in [-0.4, -0.2) is 19.6 Å². The van der Waals surface area contributed by atoms with Gasteiger partial charge < -0.3 is 5.73 Å². The molecule has 0 aliphatic rings. The average Bonchev–Trinajstić information content (AvgIpc) is 2.78. The summed E-state index contributed by atoms with van der Waals surface area (Å²) in [4.78, 5) is 8.25. The van der Waals surface area contributed by atoms with Crippen LogP contribution in [-0.2, 0) is 5.41 Å². The molecule has 5 nitrogen and oxygen atoms in total. The molecular formula is C17H16FN5. The largest absolute Gasteiger partial charge is 0.367 e. The molecule has 0 saturated carbocycles. The van der Waals surface area contributed by atoms with E-state index in [1.54, 1.807) is 12.3 Å². The molecule has 0 bridgehead atoms. The Morgan fingerprint density at radius 1 is 1.22 bits per heavy atom. The van der Waals surface area contributed by atoms with Crippen molar-refractivity contribution < 1.29 is 4.39 Å². The lowest BCUT2D eigenvalue weighted by Crippen LogP contribution is -2.11. The Hall–Kier alpha value is -2.94. The lowest BCUT2D eigenvalue weighted by atomic mass is 9.88. The zero-order valence-corrected chi connectivity index (χ0v) is 13.1. The maximum Gasteiger partial charge on any atom is 0.238 e. The number of rotatable bonds is 1. The first-order valence-electron chi connectivity index (χ1n) is 7.09. The van der Waals surface area contributed by atoms with Gasteiger partial charge in [-0.15, -0.1) is 11.5 Å². The monoisotopic (exact) mass is 309 g/mol. The molecule has 0 aromatic carbocycles. The number of nitrogens with zero attached hydrogens (tertiary/aromatic N) is 4. The van der Waals surface area contributed by atoms with Gasteiger partial charge in [-0.3, -0.25) is 4.98 Å². The summed E-state index contributed by atoms with van der Waals surface area (Å²) in [7, 11) is 0. The molecule has 0 unspecified atom stereocenters. The summed E-state index contributed by atoms with van der Waals surface area (Å²) in [6, 6.07) is 3.76. The van der Waals surface area contributed by atoms with Gasteiger partial charge in [0.25, 0.3) is 0 Å². The van der Waals surface area contributed by atoms with Crippen molar-refractivity contribution in [3.8, 4) is 23.7 Å². The first-order chi connectivity index (χ1) is 10.8. The highest BCUT2D eigenvalue weighted by atomic mass is 19.1. The van der Waals surface area contributed by atoms with Gasteiger partial charge in [-0.2, -0.15) is 0 Å². The van der Waals surface area contributed by atoms with Crippen molar-refractivity contribution in [3.63, 3.8) is 0 Å². The lowest BCUT2D eigenvalue weighted by molar-refractivity contribution is 0.587. The Kier molecular flexibility index (Phi) is 3.29. The second-order valence-corrected chi connectivity index (χ2v) is 6.28. The third-order valence-corrected chi connectivity index (χ3v) is 3.66. The Bertz CT molecular complexity index is 927. The van der Waals surface area contributed by atoms with E-state index in [0.717, 1.165) is 5.56 Å². The van der Waals surface area contributed by atoms with Crippen LogP contribution < -0.4 is 5.73 Å². The van der Waals surface area contributed by atoms with Gasteiger partial charge in [0, 0.05) is 6.20 Å². The first kappa shape index (κ1) is 15.0. The topological polar surface area (TPSA) is 69.1 Å². The number of anilines is 1. The Balaban J connectivity index is 2.27. The van der Waals surface area contributed by atoms with Gasteiger partial charge in [0.2, 0.25) is 5.95 Å². The van der Waals surface area contributed by atoms with Crippen molar-refractivity contribution in [2.45, 2.75) is 26.2 Å². The number of halogens is 1. The van der Waals surface area contributed by atoms with Gasteiger partial charge in [-0.25, -0.2) is 13.9 Å². The molecule has 3 aromatic heterocycles. The number of aromatic nitrogens is 4. The summed E-state index contributed by atoms with van der Waals surface area (Å²) >= 11 is 0. The molecule has 116 valence electrons. The summed E-state index contributed by atoms with van der Waals surface area (Å²) in [6.45, 7) is 6.28. The van der Waals surface area contributed by atoms with Gasteiger partial charge in [0.15, 0.2) is 5.82 Å². The molecule has 0 saturated heterocycles. The number of terminal acetylenes is 1. The molecule has 6 heteroatoms. The van der Waals surface area contributed by atoms with Crippen LogP contribution in [0, 0.1) is 18.2 Å². The summed E-state index contributed by atoms with van der Waals surface area (Å²) < 4.78 is 15.8. The number of hydrogen-bond donors (Lipinski definition) is 1. The number of pyridine rings is 1. The Morgan fingerprint density at radius 2 is 1.96 bits per heavy atom. The summed E-state index contributed by atoms with van der Waals surface area (Å²) in [5.41, 5.74) is 7.85. The van der Waals surface area contributed by atoms with E-state index in [1.807, 2.05) is 6.07 Å². The van der Waals surface area contributed by atoms with E-state index in [0.29, 0.717) is 11.4 Å². The summed E-state index contributed by atoms with van der Waals surface area (Å²) in [5.74, 6) is 1.85. The molecule has 0 fully saturated rings. The van der Waals surface area contributed by atoms with E-state index in [-0.39, 0.29) is 22.4 Å². The van der Waals surface area contributed by atoms with Crippen molar-refractivity contribution in [3.05, 3.63) is 41.5 Å². The average molecular weight is 309 g/mol. The van der Waals surface area contributed by atoms with Crippen molar-refractivity contribution in [2.75, 3.05) is 5.73 Å². The minimum absolute atomic E-state index is 0.0282. The standard InChI is InChI=1S/C17H16FN5/c1-5-11-14(18)13-9-21-16(19)22-23(13)15(11)12-7-6-10(8-20-12)17(2,3)4/h1,6-9H,2-4H3,(H2,19,22). The van der Waals surface area contributed by atoms with E-state index in [4.69, 9.17) is 12.2 Å². The van der Waals surface area contributed by atoms with Crippen molar-refractivity contribution in [1.29, 1.82) is 0 Å². The van der Waals surface area contributed by atoms with Crippen LogP contribution >= 0.6 is 0 Å². The molecule has 3 rings (SSSR count). The molecule has 3 aromatic rings. The smallest absolute Gasteiger partial charge is 0.238 e. The number of nitrogen functional groups attached to an aromatic ring is 1. The molecule has 0 radical (unpaired) electrons. The fourth-order valence-electron chi connectivity index (χ4n) is 2.37. The number of hydrogen-bond acceptors (Lipinski definition) is 4. The SMILES string of the molecule is C#Cc1c(F)c2cnc(N)nn2c1-c1ccc(C(C)(C)C)cn1. The highest BCUT2D eigenvalue weighted by molar-refractivity contribution is 5.73. The van der Waals surface area contributed by atoms with Crippen molar-refractivity contribution >= 4 is 11.5 Å². The minimum Gasteiger partial charge on any atom is -0.367 e. The third kappa shape index (κ3) is 2.40. The predicted octanol–water partition coefficient (Wildman–Crippen LogP) is 2.79. The molecule has 0 aliphatic heterocycles. The second kappa shape index (κ2) is 5.06. The van der Waals surface area contributed by atoms with Crippen LogP contribution in [0.15, 0.2) is 24.5 Å². The van der Waals surface area contributed by atoms with Crippen molar-refractivity contribution in [2.24, 2.45) is 0 Å². The van der Waals surface area contributed by atoms with Crippen LogP contribution in [0.25, 0.3) is 16.9 Å². The van der Waals surface area contributed by atoms with Crippen LogP contribution in [0.5, 0.6) is 0 Å². The van der Waals surface area contributed by atoms with E-state index in [9.17, 15) is 4.39 Å². The molecular weight excluding hydrogens is 293 g/mol. The zero-order chi connectivity index (χ0) is 16.8. The molecule has 0 atom stereocenters. The van der Waals surface area contributed by atoms with Gasteiger partial charge in [0.1, 0.15) is 11.2 Å². The van der Waals surface area contributed by atoms with E-state index < -0.39 is 5.82 Å². The first-order valence-corrected chi connectivity index (χ1v) is 7.09.